The summed E-state index contributed by atoms with van der Waals surface area (Å²) in [6.45, 7) is 0. The Hall–Kier alpha value is -0.740. The standard InChI is InChI=1S/C9H12ClN3O.ClH/c10-4-8(14)13-7-3-1-2-6-9(7)12-5-11-6;/h5,7H,1-4H2,(H,11,12)(H,13,14);1H. The maximum absolute atomic E-state index is 11.1. The number of hydrogen-bond acceptors (Lipinski definition) is 2. The molecule has 84 valence electrons. The lowest BCUT2D eigenvalue weighted by Gasteiger charge is -2.21. The predicted octanol–water partition coefficient (Wildman–Crippen LogP) is 1.56. The molecule has 2 rings (SSSR count). The predicted molar refractivity (Wildman–Crippen MR) is 60.4 cm³/mol. The van der Waals surface area contributed by atoms with Crippen molar-refractivity contribution in [1.29, 1.82) is 0 Å². The topological polar surface area (TPSA) is 57.8 Å². The van der Waals surface area contributed by atoms with Gasteiger partial charge in [-0.3, -0.25) is 4.79 Å². The minimum Gasteiger partial charge on any atom is -0.348 e. The van der Waals surface area contributed by atoms with Crippen LogP contribution in [0.15, 0.2) is 6.33 Å². The Morgan fingerprint density at radius 1 is 1.73 bits per heavy atom. The van der Waals surface area contributed by atoms with Crippen molar-refractivity contribution in [3.8, 4) is 0 Å². The number of fused-ring (bicyclic) bond motifs is 1. The zero-order chi connectivity index (χ0) is 9.97. The van der Waals surface area contributed by atoms with Crippen molar-refractivity contribution in [2.75, 3.05) is 5.88 Å². The fourth-order valence-electron chi connectivity index (χ4n) is 1.83. The smallest absolute Gasteiger partial charge is 0.235 e. The molecule has 1 atom stereocenters. The molecule has 6 heteroatoms. The first kappa shape index (κ1) is 12.3. The van der Waals surface area contributed by atoms with Crippen LogP contribution in [0.4, 0.5) is 0 Å². The molecule has 0 radical (unpaired) electrons. The summed E-state index contributed by atoms with van der Waals surface area (Å²) in [6.07, 6.45) is 4.71. The summed E-state index contributed by atoms with van der Waals surface area (Å²) < 4.78 is 0. The summed E-state index contributed by atoms with van der Waals surface area (Å²) in [6, 6.07) is 0.0382. The second kappa shape index (κ2) is 5.37. The Balaban J connectivity index is 0.00000112. The molecule has 1 aliphatic rings. The molecular weight excluding hydrogens is 237 g/mol. The van der Waals surface area contributed by atoms with Crippen molar-refractivity contribution in [3.63, 3.8) is 0 Å². The first-order chi connectivity index (χ1) is 6.81. The Morgan fingerprint density at radius 2 is 2.53 bits per heavy atom. The molecular formula is C9H13Cl2N3O. The highest BCUT2D eigenvalue weighted by Crippen LogP contribution is 2.26. The molecule has 0 spiro atoms. The Kier molecular flexibility index (Phi) is 4.42. The van der Waals surface area contributed by atoms with Gasteiger partial charge < -0.3 is 10.3 Å². The summed E-state index contributed by atoms with van der Waals surface area (Å²) >= 11 is 5.43. The number of carbonyl (C=O) groups is 1. The number of nitrogens with one attached hydrogen (secondary N) is 2. The Bertz CT molecular complexity index is 340. The van der Waals surface area contributed by atoms with Crippen LogP contribution in [0.25, 0.3) is 0 Å². The molecule has 1 heterocycles. The number of H-pyrrole nitrogens is 1. The SMILES string of the molecule is Cl.O=C(CCl)NC1CCCc2[nH]cnc21. The molecule has 0 bridgehead atoms. The molecule has 15 heavy (non-hydrogen) atoms. The van der Waals surface area contributed by atoms with Crippen LogP contribution in [-0.2, 0) is 11.2 Å². The lowest BCUT2D eigenvalue weighted by Crippen LogP contribution is -2.31. The number of imidazole rings is 1. The summed E-state index contributed by atoms with van der Waals surface area (Å²) in [5.41, 5.74) is 2.10. The van der Waals surface area contributed by atoms with Gasteiger partial charge in [0, 0.05) is 5.69 Å². The zero-order valence-corrected chi connectivity index (χ0v) is 9.70. The van der Waals surface area contributed by atoms with Gasteiger partial charge in [-0.05, 0) is 19.3 Å². The van der Waals surface area contributed by atoms with Crippen LogP contribution < -0.4 is 5.32 Å². The van der Waals surface area contributed by atoms with Crippen LogP contribution in [0.2, 0.25) is 0 Å². The van der Waals surface area contributed by atoms with Crippen molar-refractivity contribution in [3.05, 3.63) is 17.7 Å². The van der Waals surface area contributed by atoms with E-state index in [2.05, 4.69) is 15.3 Å². The minimum atomic E-state index is -0.132. The van der Waals surface area contributed by atoms with Gasteiger partial charge >= 0.3 is 0 Å². The first-order valence-electron chi connectivity index (χ1n) is 4.68. The number of alkyl halides is 1. The molecule has 2 N–H and O–H groups in total. The third kappa shape index (κ3) is 2.63. The van der Waals surface area contributed by atoms with E-state index in [9.17, 15) is 4.79 Å². The van der Waals surface area contributed by atoms with Crippen LogP contribution in [0.1, 0.15) is 30.3 Å². The summed E-state index contributed by atoms with van der Waals surface area (Å²) in [7, 11) is 0. The highest BCUT2D eigenvalue weighted by molar-refractivity contribution is 6.27. The minimum absolute atomic E-state index is 0. The molecule has 0 saturated carbocycles. The van der Waals surface area contributed by atoms with E-state index in [0.717, 1.165) is 30.7 Å². The van der Waals surface area contributed by atoms with Crippen molar-refractivity contribution >= 4 is 29.9 Å². The third-order valence-electron chi connectivity index (χ3n) is 2.46. The summed E-state index contributed by atoms with van der Waals surface area (Å²) in [5, 5.41) is 2.86. The fourth-order valence-corrected chi connectivity index (χ4v) is 1.90. The third-order valence-corrected chi connectivity index (χ3v) is 2.70. The average molecular weight is 250 g/mol. The Labute approximate surface area is 99.2 Å². The van der Waals surface area contributed by atoms with Crippen molar-refractivity contribution in [1.82, 2.24) is 15.3 Å². The van der Waals surface area contributed by atoms with Crippen LogP contribution in [0, 0.1) is 0 Å². The van der Waals surface area contributed by atoms with Crippen molar-refractivity contribution in [2.45, 2.75) is 25.3 Å². The Morgan fingerprint density at radius 3 is 3.27 bits per heavy atom. The first-order valence-corrected chi connectivity index (χ1v) is 5.22. The quantitative estimate of drug-likeness (QED) is 0.782. The average Bonchev–Trinajstić information content (AvgIpc) is 2.66. The van der Waals surface area contributed by atoms with Gasteiger partial charge in [-0.15, -0.1) is 24.0 Å². The van der Waals surface area contributed by atoms with Gasteiger partial charge in [0.2, 0.25) is 5.91 Å². The van der Waals surface area contributed by atoms with Gasteiger partial charge in [0.25, 0.3) is 0 Å². The van der Waals surface area contributed by atoms with Gasteiger partial charge in [-0.2, -0.15) is 0 Å². The van der Waals surface area contributed by atoms with Crippen LogP contribution in [0.3, 0.4) is 0 Å². The van der Waals surface area contributed by atoms with Crippen molar-refractivity contribution in [2.24, 2.45) is 0 Å². The van der Waals surface area contributed by atoms with Crippen molar-refractivity contribution < 1.29 is 4.79 Å². The lowest BCUT2D eigenvalue weighted by molar-refractivity contribution is -0.119. The molecule has 1 amide bonds. The van der Waals surface area contributed by atoms with E-state index in [0.29, 0.717) is 0 Å². The van der Waals surface area contributed by atoms with Crippen LogP contribution in [0.5, 0.6) is 0 Å². The number of carbonyl (C=O) groups excluding carboxylic acids is 1. The normalized spacial score (nSPS) is 18.9. The number of rotatable bonds is 2. The molecule has 1 aromatic rings. The van der Waals surface area contributed by atoms with Gasteiger partial charge in [-0.25, -0.2) is 4.98 Å². The number of aromatic amines is 1. The zero-order valence-electron chi connectivity index (χ0n) is 8.12. The van der Waals surface area contributed by atoms with Gasteiger partial charge in [0.1, 0.15) is 5.88 Å². The second-order valence-corrected chi connectivity index (χ2v) is 3.68. The number of aromatic nitrogens is 2. The molecule has 1 aromatic heterocycles. The van der Waals surface area contributed by atoms with E-state index in [1.54, 1.807) is 6.33 Å². The molecule has 0 fully saturated rings. The van der Waals surface area contributed by atoms with Gasteiger partial charge in [0.15, 0.2) is 0 Å². The largest absolute Gasteiger partial charge is 0.348 e. The highest BCUT2D eigenvalue weighted by Gasteiger charge is 2.23. The van der Waals surface area contributed by atoms with Gasteiger partial charge in [-0.1, -0.05) is 0 Å². The van der Waals surface area contributed by atoms with Gasteiger partial charge in [0.05, 0.1) is 18.1 Å². The van der Waals surface area contributed by atoms with E-state index in [-0.39, 0.29) is 30.2 Å². The highest BCUT2D eigenvalue weighted by atomic mass is 35.5. The van der Waals surface area contributed by atoms with Crippen LogP contribution >= 0.6 is 24.0 Å². The maximum atomic E-state index is 11.1. The molecule has 1 unspecified atom stereocenters. The van der Waals surface area contributed by atoms with E-state index in [1.165, 1.54) is 0 Å². The number of nitrogens with zero attached hydrogens (tertiary/aromatic N) is 1. The second-order valence-electron chi connectivity index (χ2n) is 3.41. The summed E-state index contributed by atoms with van der Waals surface area (Å²) in [5.74, 6) is -0.122. The summed E-state index contributed by atoms with van der Waals surface area (Å²) in [4.78, 5) is 18.4. The molecule has 0 aromatic carbocycles. The number of halogens is 2. The van der Waals surface area contributed by atoms with Crippen LogP contribution in [-0.4, -0.2) is 21.8 Å². The van der Waals surface area contributed by atoms with E-state index in [1.807, 2.05) is 0 Å². The maximum Gasteiger partial charge on any atom is 0.235 e. The number of amides is 1. The monoisotopic (exact) mass is 249 g/mol. The molecule has 4 nitrogen and oxygen atoms in total. The number of aryl methyl sites for hydroxylation is 1. The van der Waals surface area contributed by atoms with E-state index >= 15 is 0 Å². The molecule has 1 aliphatic carbocycles. The number of hydrogen-bond donors (Lipinski definition) is 2. The van der Waals surface area contributed by atoms with E-state index in [4.69, 9.17) is 11.6 Å². The molecule has 0 aliphatic heterocycles. The van der Waals surface area contributed by atoms with E-state index < -0.39 is 0 Å². The lowest BCUT2D eigenvalue weighted by atomic mass is 9.96. The fraction of sp³-hybridized carbons (Fsp3) is 0.556. The molecule has 0 saturated heterocycles.